The number of nitrogens with one attached hydrogen (secondary N) is 1. The molecule has 5 heteroatoms. The van der Waals surface area contributed by atoms with Crippen LogP contribution in [-0.2, 0) is 0 Å². The van der Waals surface area contributed by atoms with Crippen molar-refractivity contribution in [2.75, 3.05) is 13.7 Å². The second-order valence-corrected chi connectivity index (χ2v) is 5.08. The van der Waals surface area contributed by atoms with E-state index in [2.05, 4.69) is 26.2 Å². The van der Waals surface area contributed by atoms with Crippen molar-refractivity contribution in [3.05, 3.63) is 58.1 Å². The molecule has 0 saturated carbocycles. The molecule has 1 aromatic heterocycles. The van der Waals surface area contributed by atoms with Crippen LogP contribution in [0.1, 0.15) is 24.1 Å². The summed E-state index contributed by atoms with van der Waals surface area (Å²) in [6.07, 6.45) is 3.40. The smallest absolute Gasteiger partial charge is 0.137 e. The van der Waals surface area contributed by atoms with Crippen LogP contribution in [0.3, 0.4) is 0 Å². The van der Waals surface area contributed by atoms with E-state index in [1.165, 1.54) is 6.07 Å². The van der Waals surface area contributed by atoms with Gasteiger partial charge in [0, 0.05) is 6.20 Å². The summed E-state index contributed by atoms with van der Waals surface area (Å²) in [4.78, 5) is 4.16. The van der Waals surface area contributed by atoms with Gasteiger partial charge in [-0.1, -0.05) is 19.1 Å². The van der Waals surface area contributed by atoms with Crippen LogP contribution in [0.5, 0.6) is 5.75 Å². The number of nitrogens with zero attached hydrogens (tertiary/aromatic N) is 1. The predicted octanol–water partition coefficient (Wildman–Crippen LogP) is 3.69. The number of methoxy groups -OCH3 is 1. The van der Waals surface area contributed by atoms with Gasteiger partial charge in [-0.05, 0) is 45.7 Å². The zero-order valence-corrected chi connectivity index (χ0v) is 12.9. The van der Waals surface area contributed by atoms with Crippen molar-refractivity contribution in [1.29, 1.82) is 0 Å². The Morgan fingerprint density at radius 1 is 1.40 bits per heavy atom. The molecule has 1 unspecified atom stereocenters. The number of ether oxygens (including phenoxy) is 1. The summed E-state index contributed by atoms with van der Waals surface area (Å²) in [7, 11) is 1.60. The standard InChI is InChI=1S/C15H16BrFN2O/c1-3-19-15(10-7-11(20-2)9-18-8-10)12-5-4-6-13(17)14(12)16/h4-9,15,19H,3H2,1-2H3. The number of hydrogen-bond donors (Lipinski definition) is 1. The third-order valence-electron chi connectivity index (χ3n) is 3.00. The molecule has 0 amide bonds. The van der Waals surface area contributed by atoms with Gasteiger partial charge in [-0.3, -0.25) is 4.98 Å². The summed E-state index contributed by atoms with van der Waals surface area (Å²) in [6.45, 7) is 2.76. The van der Waals surface area contributed by atoms with Crippen molar-refractivity contribution in [1.82, 2.24) is 10.3 Å². The number of rotatable bonds is 5. The van der Waals surface area contributed by atoms with Crippen molar-refractivity contribution in [3.63, 3.8) is 0 Å². The van der Waals surface area contributed by atoms with Crippen molar-refractivity contribution in [2.45, 2.75) is 13.0 Å². The Morgan fingerprint density at radius 3 is 2.90 bits per heavy atom. The Labute approximate surface area is 126 Å². The molecule has 1 aromatic carbocycles. The minimum Gasteiger partial charge on any atom is -0.495 e. The maximum atomic E-state index is 13.7. The minimum atomic E-state index is -0.277. The van der Waals surface area contributed by atoms with E-state index in [-0.39, 0.29) is 11.9 Å². The summed E-state index contributed by atoms with van der Waals surface area (Å²) in [5, 5.41) is 3.34. The summed E-state index contributed by atoms with van der Waals surface area (Å²) >= 11 is 3.32. The number of pyridine rings is 1. The van der Waals surface area contributed by atoms with E-state index >= 15 is 0 Å². The molecular formula is C15H16BrFN2O. The molecule has 2 rings (SSSR count). The highest BCUT2D eigenvalue weighted by Crippen LogP contribution is 2.31. The Bertz CT molecular complexity index is 592. The van der Waals surface area contributed by atoms with Gasteiger partial charge in [0.05, 0.1) is 23.8 Å². The molecular weight excluding hydrogens is 323 g/mol. The van der Waals surface area contributed by atoms with Crippen LogP contribution in [0.25, 0.3) is 0 Å². The summed E-state index contributed by atoms with van der Waals surface area (Å²) < 4.78 is 19.4. The molecule has 0 spiro atoms. The highest BCUT2D eigenvalue weighted by Gasteiger charge is 2.18. The van der Waals surface area contributed by atoms with Gasteiger partial charge in [0.15, 0.2) is 0 Å². The first-order valence-corrected chi connectivity index (χ1v) is 7.13. The van der Waals surface area contributed by atoms with Gasteiger partial charge >= 0.3 is 0 Å². The lowest BCUT2D eigenvalue weighted by molar-refractivity contribution is 0.411. The van der Waals surface area contributed by atoms with Gasteiger partial charge < -0.3 is 10.1 Å². The monoisotopic (exact) mass is 338 g/mol. The lowest BCUT2D eigenvalue weighted by Crippen LogP contribution is -2.22. The van der Waals surface area contributed by atoms with Crippen LogP contribution in [0.15, 0.2) is 41.1 Å². The van der Waals surface area contributed by atoms with Crippen molar-refractivity contribution in [2.24, 2.45) is 0 Å². The maximum absolute atomic E-state index is 13.7. The van der Waals surface area contributed by atoms with Crippen LogP contribution in [0.4, 0.5) is 4.39 Å². The fourth-order valence-electron chi connectivity index (χ4n) is 2.06. The maximum Gasteiger partial charge on any atom is 0.137 e. The second-order valence-electron chi connectivity index (χ2n) is 4.29. The predicted molar refractivity (Wildman–Crippen MR) is 80.4 cm³/mol. The Morgan fingerprint density at radius 2 is 2.20 bits per heavy atom. The average Bonchev–Trinajstić information content (AvgIpc) is 2.48. The van der Waals surface area contributed by atoms with Gasteiger partial charge in [-0.15, -0.1) is 0 Å². The average molecular weight is 339 g/mol. The molecule has 2 aromatic rings. The molecule has 106 valence electrons. The first-order valence-electron chi connectivity index (χ1n) is 6.33. The van der Waals surface area contributed by atoms with E-state index < -0.39 is 0 Å². The van der Waals surface area contributed by atoms with Crippen molar-refractivity contribution in [3.8, 4) is 5.75 Å². The van der Waals surface area contributed by atoms with Crippen LogP contribution in [0.2, 0.25) is 0 Å². The zero-order valence-electron chi connectivity index (χ0n) is 11.4. The van der Waals surface area contributed by atoms with Crippen LogP contribution >= 0.6 is 15.9 Å². The lowest BCUT2D eigenvalue weighted by atomic mass is 10.00. The van der Waals surface area contributed by atoms with Crippen molar-refractivity contribution < 1.29 is 9.13 Å². The molecule has 0 aliphatic carbocycles. The third-order valence-corrected chi connectivity index (χ3v) is 3.84. The van der Waals surface area contributed by atoms with Gasteiger partial charge in [-0.25, -0.2) is 4.39 Å². The van der Waals surface area contributed by atoms with E-state index in [4.69, 9.17) is 4.74 Å². The molecule has 3 nitrogen and oxygen atoms in total. The molecule has 0 aliphatic rings. The largest absolute Gasteiger partial charge is 0.495 e. The molecule has 0 bridgehead atoms. The van der Waals surface area contributed by atoms with Gasteiger partial charge in [-0.2, -0.15) is 0 Å². The zero-order chi connectivity index (χ0) is 14.5. The van der Waals surface area contributed by atoms with E-state index in [1.54, 1.807) is 25.6 Å². The molecule has 0 aliphatic heterocycles. The van der Waals surface area contributed by atoms with E-state index in [1.807, 2.05) is 19.1 Å². The molecule has 0 saturated heterocycles. The minimum absolute atomic E-state index is 0.146. The highest BCUT2D eigenvalue weighted by atomic mass is 79.9. The van der Waals surface area contributed by atoms with E-state index in [0.29, 0.717) is 10.2 Å². The summed E-state index contributed by atoms with van der Waals surface area (Å²) in [6, 6.07) is 6.78. The fraction of sp³-hybridized carbons (Fsp3) is 0.267. The van der Waals surface area contributed by atoms with Gasteiger partial charge in [0.25, 0.3) is 0 Å². The van der Waals surface area contributed by atoms with E-state index in [0.717, 1.165) is 17.7 Å². The first-order chi connectivity index (χ1) is 9.67. The van der Waals surface area contributed by atoms with Crippen LogP contribution in [-0.4, -0.2) is 18.6 Å². The number of aromatic nitrogens is 1. The quantitative estimate of drug-likeness (QED) is 0.902. The van der Waals surface area contributed by atoms with E-state index in [9.17, 15) is 4.39 Å². The second kappa shape index (κ2) is 6.81. The lowest BCUT2D eigenvalue weighted by Gasteiger charge is -2.20. The summed E-state index contributed by atoms with van der Waals surface area (Å²) in [5.41, 5.74) is 1.76. The SMILES string of the molecule is CCNC(c1cncc(OC)c1)c1cccc(F)c1Br. The van der Waals surface area contributed by atoms with Crippen molar-refractivity contribution >= 4 is 15.9 Å². The topological polar surface area (TPSA) is 34.2 Å². The summed E-state index contributed by atoms with van der Waals surface area (Å²) in [5.74, 6) is 0.402. The normalized spacial score (nSPS) is 12.2. The van der Waals surface area contributed by atoms with Crippen LogP contribution in [0, 0.1) is 5.82 Å². The Kier molecular flexibility index (Phi) is 5.09. The number of halogens is 2. The van der Waals surface area contributed by atoms with Gasteiger partial charge in [0.2, 0.25) is 0 Å². The molecule has 20 heavy (non-hydrogen) atoms. The van der Waals surface area contributed by atoms with Gasteiger partial charge in [0.1, 0.15) is 11.6 Å². The molecule has 1 atom stereocenters. The van der Waals surface area contributed by atoms with Crippen LogP contribution < -0.4 is 10.1 Å². The number of benzene rings is 1. The molecule has 0 fully saturated rings. The first kappa shape index (κ1) is 14.9. The Hall–Kier alpha value is -1.46. The molecule has 1 heterocycles. The number of hydrogen-bond acceptors (Lipinski definition) is 3. The highest BCUT2D eigenvalue weighted by molar-refractivity contribution is 9.10. The fourth-order valence-corrected chi connectivity index (χ4v) is 2.55. The molecule has 1 N–H and O–H groups in total. The molecule has 0 radical (unpaired) electrons. The Balaban J connectivity index is 2.47. The third kappa shape index (κ3) is 3.16.